The summed E-state index contributed by atoms with van der Waals surface area (Å²) in [6, 6.07) is 0.408. The minimum Gasteiger partial charge on any atom is -0.379 e. The molecule has 1 fully saturated rings. The second-order valence-electron chi connectivity index (χ2n) is 3.33. The van der Waals surface area contributed by atoms with Crippen LogP contribution in [0.4, 0.5) is 0 Å². The molecule has 1 aliphatic rings. The summed E-state index contributed by atoms with van der Waals surface area (Å²) < 4.78 is 7.35. The lowest BCUT2D eigenvalue weighted by atomic mass is 10.1. The lowest BCUT2D eigenvalue weighted by molar-refractivity contribution is 0.0549. The van der Waals surface area contributed by atoms with Gasteiger partial charge in [0.25, 0.3) is 0 Å². The molecule has 0 saturated carbocycles. The topological polar surface area (TPSA) is 27.1 Å². The average molecular weight is 201 g/mol. The van der Waals surface area contributed by atoms with Crippen LogP contribution in [0.15, 0.2) is 12.4 Å². The molecule has 72 valence electrons. The van der Waals surface area contributed by atoms with Crippen molar-refractivity contribution in [3.8, 4) is 0 Å². The highest BCUT2D eigenvalue weighted by molar-refractivity contribution is 6.17. The average Bonchev–Trinajstić information content (AvgIpc) is 2.67. The van der Waals surface area contributed by atoms with E-state index in [9.17, 15) is 0 Å². The summed E-state index contributed by atoms with van der Waals surface area (Å²) in [6.07, 6.45) is 6.11. The maximum Gasteiger partial charge on any atom is 0.0753 e. The minimum atomic E-state index is 0.408. The van der Waals surface area contributed by atoms with Gasteiger partial charge >= 0.3 is 0 Å². The van der Waals surface area contributed by atoms with Gasteiger partial charge in [0, 0.05) is 18.4 Å². The number of halogens is 1. The van der Waals surface area contributed by atoms with Crippen LogP contribution in [0.2, 0.25) is 0 Å². The highest BCUT2D eigenvalue weighted by Crippen LogP contribution is 2.19. The minimum absolute atomic E-state index is 0.408. The third-order valence-electron chi connectivity index (χ3n) is 2.32. The predicted molar refractivity (Wildman–Crippen MR) is 50.9 cm³/mol. The molecule has 1 atom stereocenters. The summed E-state index contributed by atoms with van der Waals surface area (Å²) in [5, 5.41) is 4.26. The van der Waals surface area contributed by atoms with Crippen LogP contribution in [0, 0.1) is 0 Å². The fourth-order valence-corrected chi connectivity index (χ4v) is 1.72. The molecule has 0 radical (unpaired) electrons. The molecule has 0 spiro atoms. The molecule has 3 nitrogen and oxygen atoms in total. The second-order valence-corrected chi connectivity index (χ2v) is 3.60. The fraction of sp³-hybridized carbons (Fsp3) is 0.667. The molecule has 0 aliphatic carbocycles. The molecule has 0 bridgehead atoms. The van der Waals surface area contributed by atoms with Crippen molar-refractivity contribution in [2.45, 2.75) is 24.8 Å². The van der Waals surface area contributed by atoms with Crippen LogP contribution in [0.25, 0.3) is 0 Å². The lowest BCUT2D eigenvalue weighted by Crippen LogP contribution is -2.21. The number of alkyl halides is 1. The Bertz CT molecular complexity index is 268. The zero-order chi connectivity index (χ0) is 9.10. The highest BCUT2D eigenvalue weighted by atomic mass is 35.5. The Hall–Kier alpha value is -0.540. The quantitative estimate of drug-likeness (QED) is 0.683. The van der Waals surface area contributed by atoms with Gasteiger partial charge in [0.2, 0.25) is 0 Å². The van der Waals surface area contributed by atoms with Crippen molar-refractivity contribution < 1.29 is 4.74 Å². The van der Waals surface area contributed by atoms with Gasteiger partial charge < -0.3 is 4.74 Å². The lowest BCUT2D eigenvalue weighted by Gasteiger charge is -2.22. The number of nitrogens with zero attached hydrogens (tertiary/aromatic N) is 2. The zero-order valence-corrected chi connectivity index (χ0v) is 8.20. The Kier molecular flexibility index (Phi) is 2.86. The van der Waals surface area contributed by atoms with Gasteiger partial charge in [-0.05, 0) is 12.8 Å². The van der Waals surface area contributed by atoms with Crippen molar-refractivity contribution >= 4 is 11.6 Å². The van der Waals surface area contributed by atoms with Gasteiger partial charge in [0.1, 0.15) is 0 Å². The second kappa shape index (κ2) is 4.11. The van der Waals surface area contributed by atoms with E-state index in [1.807, 2.05) is 17.1 Å². The maximum atomic E-state index is 5.69. The number of hydrogen-bond donors (Lipinski definition) is 0. The zero-order valence-electron chi connectivity index (χ0n) is 7.45. The van der Waals surface area contributed by atoms with Gasteiger partial charge in [-0.2, -0.15) is 5.10 Å². The molecule has 2 rings (SSSR count). The SMILES string of the molecule is ClCc1cnn(C2CCCOC2)c1. The number of aromatic nitrogens is 2. The van der Waals surface area contributed by atoms with Crippen LogP contribution in [0.5, 0.6) is 0 Å². The molecule has 2 heterocycles. The molecule has 1 aromatic heterocycles. The first-order chi connectivity index (χ1) is 6.40. The van der Waals surface area contributed by atoms with E-state index in [0.717, 1.165) is 31.6 Å². The molecule has 1 aromatic rings. The normalized spacial score (nSPS) is 23.3. The summed E-state index contributed by atoms with van der Waals surface area (Å²) in [6.45, 7) is 1.67. The fourth-order valence-electron chi connectivity index (χ4n) is 1.58. The molecule has 1 saturated heterocycles. The van der Waals surface area contributed by atoms with E-state index in [1.54, 1.807) is 0 Å². The van der Waals surface area contributed by atoms with E-state index in [-0.39, 0.29) is 0 Å². The molecule has 1 unspecified atom stereocenters. The molecular formula is C9H13ClN2O. The first kappa shape index (κ1) is 9.03. The summed E-state index contributed by atoms with van der Waals surface area (Å²) >= 11 is 5.69. The van der Waals surface area contributed by atoms with Crippen molar-refractivity contribution in [1.29, 1.82) is 0 Å². The van der Waals surface area contributed by atoms with Crippen LogP contribution in [-0.2, 0) is 10.6 Å². The predicted octanol–water partition coefficient (Wildman–Crippen LogP) is 1.97. The number of rotatable bonds is 2. The van der Waals surface area contributed by atoms with Crippen LogP contribution < -0.4 is 0 Å². The van der Waals surface area contributed by atoms with Crippen molar-refractivity contribution in [3.63, 3.8) is 0 Å². The monoisotopic (exact) mass is 200 g/mol. The van der Waals surface area contributed by atoms with Crippen LogP contribution >= 0.6 is 11.6 Å². The first-order valence-electron chi connectivity index (χ1n) is 4.57. The van der Waals surface area contributed by atoms with E-state index >= 15 is 0 Å². The number of hydrogen-bond acceptors (Lipinski definition) is 2. The molecule has 0 N–H and O–H groups in total. The van der Waals surface area contributed by atoms with Gasteiger partial charge in [-0.3, -0.25) is 4.68 Å². The summed E-state index contributed by atoms with van der Waals surface area (Å²) in [7, 11) is 0. The molecule has 0 amide bonds. The molecule has 0 aromatic carbocycles. The van der Waals surface area contributed by atoms with Gasteiger partial charge in [-0.25, -0.2) is 0 Å². The summed E-state index contributed by atoms with van der Waals surface area (Å²) in [5.41, 5.74) is 1.08. The molecule has 4 heteroatoms. The van der Waals surface area contributed by atoms with Crippen LogP contribution in [0.3, 0.4) is 0 Å². The number of ether oxygens (including phenoxy) is 1. The van der Waals surface area contributed by atoms with E-state index in [4.69, 9.17) is 16.3 Å². The molecule has 13 heavy (non-hydrogen) atoms. The highest BCUT2D eigenvalue weighted by Gasteiger charge is 2.16. The van der Waals surface area contributed by atoms with Crippen molar-refractivity contribution in [2.75, 3.05) is 13.2 Å². The Morgan fingerprint density at radius 2 is 2.62 bits per heavy atom. The first-order valence-corrected chi connectivity index (χ1v) is 5.10. The smallest absolute Gasteiger partial charge is 0.0753 e. The third-order valence-corrected chi connectivity index (χ3v) is 2.63. The Labute approximate surface area is 82.6 Å². The Morgan fingerprint density at radius 3 is 3.23 bits per heavy atom. The molecule has 1 aliphatic heterocycles. The van der Waals surface area contributed by atoms with Crippen LogP contribution in [-0.4, -0.2) is 23.0 Å². The summed E-state index contributed by atoms with van der Waals surface area (Å²) in [5.74, 6) is 0.535. The standard InChI is InChI=1S/C9H13ClN2O/c10-4-8-5-11-12(6-8)9-2-1-3-13-7-9/h5-6,9H,1-4,7H2. The largest absolute Gasteiger partial charge is 0.379 e. The summed E-state index contributed by atoms with van der Waals surface area (Å²) in [4.78, 5) is 0. The van der Waals surface area contributed by atoms with E-state index in [2.05, 4.69) is 5.10 Å². The Balaban J connectivity index is 2.05. The van der Waals surface area contributed by atoms with Gasteiger partial charge in [-0.15, -0.1) is 11.6 Å². The van der Waals surface area contributed by atoms with Crippen LogP contribution in [0.1, 0.15) is 24.4 Å². The van der Waals surface area contributed by atoms with E-state index < -0.39 is 0 Å². The van der Waals surface area contributed by atoms with Crippen molar-refractivity contribution in [3.05, 3.63) is 18.0 Å². The van der Waals surface area contributed by atoms with E-state index in [0.29, 0.717) is 11.9 Å². The van der Waals surface area contributed by atoms with Gasteiger partial charge in [0.15, 0.2) is 0 Å². The van der Waals surface area contributed by atoms with Gasteiger partial charge in [-0.1, -0.05) is 0 Å². The third kappa shape index (κ3) is 2.03. The Morgan fingerprint density at radius 1 is 1.69 bits per heavy atom. The van der Waals surface area contributed by atoms with Crippen molar-refractivity contribution in [1.82, 2.24) is 9.78 Å². The van der Waals surface area contributed by atoms with Gasteiger partial charge in [0.05, 0.1) is 24.7 Å². The molecular weight excluding hydrogens is 188 g/mol. The van der Waals surface area contributed by atoms with E-state index in [1.165, 1.54) is 0 Å². The van der Waals surface area contributed by atoms with Crippen molar-refractivity contribution in [2.24, 2.45) is 0 Å². The maximum absolute atomic E-state index is 5.69.